The molecule has 0 aromatic heterocycles. The Morgan fingerprint density at radius 3 is 1.16 bits per heavy atom. The molecule has 50 heavy (non-hydrogen) atoms. The normalized spacial score (nSPS) is 11.1. The zero-order valence-electron chi connectivity index (χ0n) is 31.3. The van der Waals surface area contributed by atoms with Gasteiger partial charge >= 0.3 is 0 Å². The molecule has 0 fully saturated rings. The highest BCUT2D eigenvalue weighted by atomic mass is 16.2. The van der Waals surface area contributed by atoms with Crippen LogP contribution in [0.25, 0.3) is 0 Å². The van der Waals surface area contributed by atoms with Gasteiger partial charge in [0.25, 0.3) is 11.8 Å². The van der Waals surface area contributed by atoms with Crippen LogP contribution in [0.5, 0.6) is 0 Å². The number of nitrogens with two attached hydrogens (primary N) is 2. The van der Waals surface area contributed by atoms with Crippen LogP contribution in [-0.4, -0.2) is 11.8 Å². The largest absolute Gasteiger partial charge is 0.399 e. The Labute approximate surface area is 303 Å². The Hall–Kier alpha value is -3.80. The summed E-state index contributed by atoms with van der Waals surface area (Å²) in [4.78, 5) is 26.8. The van der Waals surface area contributed by atoms with Gasteiger partial charge in [-0.1, -0.05) is 135 Å². The number of anilines is 4. The lowest BCUT2D eigenvalue weighted by molar-refractivity contribution is 0.102. The van der Waals surface area contributed by atoms with Crippen LogP contribution in [0.1, 0.15) is 174 Å². The first-order chi connectivity index (χ1) is 24.4. The van der Waals surface area contributed by atoms with Gasteiger partial charge in [-0.15, -0.1) is 0 Å². The van der Waals surface area contributed by atoms with Crippen molar-refractivity contribution in [3.8, 4) is 0 Å². The van der Waals surface area contributed by atoms with Gasteiger partial charge in [-0.2, -0.15) is 0 Å². The highest BCUT2D eigenvalue weighted by Crippen LogP contribution is 2.25. The summed E-state index contributed by atoms with van der Waals surface area (Å²) in [5.41, 5.74) is 18.1. The van der Waals surface area contributed by atoms with Crippen LogP contribution in [0.3, 0.4) is 0 Å². The molecule has 0 unspecified atom stereocenters. The molecular weight excluding hydrogens is 617 g/mol. The first kappa shape index (κ1) is 40.6. The van der Waals surface area contributed by atoms with Gasteiger partial charge in [0.2, 0.25) is 0 Å². The SMILES string of the molecule is CCCCCCCCCCCCc1cc(N)ccc1NC(=O)c1cccc(C(=O)Nc2ccc(N)cc2CCCCCCCCCCCC)c1. The lowest BCUT2D eigenvalue weighted by atomic mass is 10.0. The number of aryl methyl sites for hydroxylation is 2. The van der Waals surface area contributed by atoms with Crippen LogP contribution in [0.4, 0.5) is 22.7 Å². The number of amides is 2. The first-order valence-electron chi connectivity index (χ1n) is 19.9. The molecule has 3 aromatic carbocycles. The second-order valence-corrected chi connectivity index (χ2v) is 14.2. The van der Waals surface area contributed by atoms with Gasteiger partial charge in [0, 0.05) is 33.9 Å². The smallest absolute Gasteiger partial charge is 0.255 e. The molecule has 0 aliphatic carbocycles. The van der Waals surface area contributed by atoms with Gasteiger partial charge in [-0.05, 0) is 91.4 Å². The van der Waals surface area contributed by atoms with E-state index in [2.05, 4.69) is 24.5 Å². The number of benzene rings is 3. The van der Waals surface area contributed by atoms with E-state index < -0.39 is 0 Å². The van der Waals surface area contributed by atoms with Crippen molar-refractivity contribution in [1.29, 1.82) is 0 Å². The maximum atomic E-state index is 13.4. The Kier molecular flexibility index (Phi) is 19.8. The fourth-order valence-corrected chi connectivity index (χ4v) is 6.68. The number of nitrogens with one attached hydrogen (secondary N) is 2. The minimum Gasteiger partial charge on any atom is -0.399 e. The summed E-state index contributed by atoms with van der Waals surface area (Å²) in [5, 5.41) is 6.17. The summed E-state index contributed by atoms with van der Waals surface area (Å²) in [5.74, 6) is -0.495. The van der Waals surface area contributed by atoms with E-state index in [1.165, 1.54) is 116 Å². The fraction of sp³-hybridized carbons (Fsp3) is 0.545. The van der Waals surface area contributed by atoms with E-state index in [9.17, 15) is 9.59 Å². The monoisotopic (exact) mass is 683 g/mol. The quantitative estimate of drug-likeness (QED) is 0.0499. The zero-order chi connectivity index (χ0) is 35.8. The van der Waals surface area contributed by atoms with Crippen molar-refractivity contribution in [3.05, 3.63) is 82.9 Å². The predicted molar refractivity (Wildman–Crippen MR) is 215 cm³/mol. The molecule has 6 nitrogen and oxygen atoms in total. The van der Waals surface area contributed by atoms with Crippen LogP contribution in [-0.2, 0) is 12.8 Å². The Morgan fingerprint density at radius 2 is 0.800 bits per heavy atom. The number of hydrogen-bond donors (Lipinski definition) is 4. The lowest BCUT2D eigenvalue weighted by Gasteiger charge is -2.14. The lowest BCUT2D eigenvalue weighted by Crippen LogP contribution is -2.17. The molecule has 0 bridgehead atoms. The third kappa shape index (κ3) is 15.8. The number of nitrogen functional groups attached to an aromatic ring is 2. The maximum Gasteiger partial charge on any atom is 0.255 e. The van der Waals surface area contributed by atoms with E-state index >= 15 is 0 Å². The van der Waals surface area contributed by atoms with Gasteiger partial charge in [0.1, 0.15) is 0 Å². The van der Waals surface area contributed by atoms with Crippen molar-refractivity contribution in [1.82, 2.24) is 0 Å². The molecule has 0 radical (unpaired) electrons. The van der Waals surface area contributed by atoms with E-state index in [0.29, 0.717) is 22.5 Å². The molecule has 3 rings (SSSR count). The second-order valence-electron chi connectivity index (χ2n) is 14.2. The molecule has 2 amide bonds. The topological polar surface area (TPSA) is 110 Å². The van der Waals surface area contributed by atoms with Crippen LogP contribution in [0.15, 0.2) is 60.7 Å². The first-order valence-corrected chi connectivity index (χ1v) is 19.9. The molecule has 0 aliphatic rings. The summed E-state index contributed by atoms with van der Waals surface area (Å²) in [6.07, 6.45) is 27.3. The molecule has 6 heteroatoms. The number of hydrogen-bond acceptors (Lipinski definition) is 4. The maximum absolute atomic E-state index is 13.4. The van der Waals surface area contributed by atoms with E-state index in [4.69, 9.17) is 11.5 Å². The number of carbonyl (C=O) groups excluding carboxylic acids is 2. The Morgan fingerprint density at radius 1 is 0.460 bits per heavy atom. The average molecular weight is 683 g/mol. The van der Waals surface area contributed by atoms with Crippen LogP contribution in [0.2, 0.25) is 0 Å². The standard InChI is InChI=1S/C44H66N4O2/c1-3-5-7-9-11-13-15-17-19-21-24-35-33-39(45)28-30-41(35)47-43(49)37-26-23-27-38(32-37)44(50)48-42-31-29-40(46)34-36(42)25-22-20-18-16-14-12-10-8-6-4-2/h23,26-34H,3-22,24-25,45-46H2,1-2H3,(H,47,49)(H,48,50). The van der Waals surface area contributed by atoms with Gasteiger partial charge < -0.3 is 22.1 Å². The van der Waals surface area contributed by atoms with E-state index in [-0.39, 0.29) is 11.8 Å². The molecule has 0 atom stereocenters. The molecule has 0 saturated carbocycles. The second kappa shape index (κ2) is 24.4. The summed E-state index contributed by atoms with van der Waals surface area (Å²) < 4.78 is 0. The molecule has 3 aromatic rings. The van der Waals surface area contributed by atoms with Crippen LogP contribution in [0, 0.1) is 0 Å². The highest BCUT2D eigenvalue weighted by Gasteiger charge is 2.15. The Bertz CT molecular complexity index is 1320. The molecule has 274 valence electrons. The summed E-state index contributed by atoms with van der Waals surface area (Å²) in [6, 6.07) is 18.2. The van der Waals surface area contributed by atoms with Crippen molar-refractivity contribution >= 4 is 34.6 Å². The number of unbranched alkanes of at least 4 members (excludes halogenated alkanes) is 18. The molecule has 0 aliphatic heterocycles. The predicted octanol–water partition coefficient (Wildman–Crippen LogP) is 12.3. The average Bonchev–Trinajstić information content (AvgIpc) is 3.12. The third-order valence-electron chi connectivity index (χ3n) is 9.74. The highest BCUT2D eigenvalue weighted by molar-refractivity contribution is 6.09. The molecular formula is C44H66N4O2. The zero-order valence-corrected chi connectivity index (χ0v) is 31.3. The number of carbonyl (C=O) groups is 2. The van der Waals surface area contributed by atoms with E-state index in [0.717, 1.165) is 48.2 Å². The third-order valence-corrected chi connectivity index (χ3v) is 9.74. The molecule has 0 saturated heterocycles. The van der Waals surface area contributed by atoms with Crippen LogP contribution >= 0.6 is 0 Å². The van der Waals surface area contributed by atoms with Crippen molar-refractivity contribution in [2.24, 2.45) is 0 Å². The van der Waals surface area contributed by atoms with E-state index in [1.807, 2.05) is 36.4 Å². The molecule has 0 heterocycles. The number of rotatable bonds is 26. The van der Waals surface area contributed by atoms with Gasteiger partial charge in [-0.3, -0.25) is 9.59 Å². The molecule has 0 spiro atoms. The van der Waals surface area contributed by atoms with Crippen molar-refractivity contribution in [2.75, 3.05) is 22.1 Å². The van der Waals surface area contributed by atoms with Crippen molar-refractivity contribution < 1.29 is 9.59 Å². The minimum absolute atomic E-state index is 0.247. The minimum atomic E-state index is -0.247. The van der Waals surface area contributed by atoms with E-state index in [1.54, 1.807) is 24.3 Å². The van der Waals surface area contributed by atoms with Crippen LogP contribution < -0.4 is 22.1 Å². The molecule has 6 N–H and O–H groups in total. The van der Waals surface area contributed by atoms with Crippen molar-refractivity contribution in [3.63, 3.8) is 0 Å². The summed E-state index contributed by atoms with van der Waals surface area (Å²) in [7, 11) is 0. The van der Waals surface area contributed by atoms with Gasteiger partial charge in [0.15, 0.2) is 0 Å². The Balaban J connectivity index is 1.50. The summed E-state index contributed by atoms with van der Waals surface area (Å²) in [6.45, 7) is 4.52. The van der Waals surface area contributed by atoms with Gasteiger partial charge in [-0.25, -0.2) is 0 Å². The summed E-state index contributed by atoms with van der Waals surface area (Å²) >= 11 is 0. The fourth-order valence-electron chi connectivity index (χ4n) is 6.68. The van der Waals surface area contributed by atoms with Crippen molar-refractivity contribution in [2.45, 2.75) is 155 Å². The van der Waals surface area contributed by atoms with Gasteiger partial charge in [0.05, 0.1) is 0 Å².